The van der Waals surface area contributed by atoms with Gasteiger partial charge in [0.05, 0.1) is 11.8 Å². The maximum atomic E-state index is 11.7. The third-order valence-corrected chi connectivity index (χ3v) is 3.71. The molecule has 3 nitrogen and oxygen atoms in total. The SMILES string of the molecule is Cc1occc1C(=O)NCC(C)(C)CBr. The van der Waals surface area contributed by atoms with Crippen molar-refractivity contribution in [1.29, 1.82) is 0 Å². The topological polar surface area (TPSA) is 42.2 Å². The first kappa shape index (κ1) is 12.3. The van der Waals surface area contributed by atoms with Crippen LogP contribution >= 0.6 is 15.9 Å². The Morgan fingerprint density at radius 2 is 2.27 bits per heavy atom. The summed E-state index contributed by atoms with van der Waals surface area (Å²) >= 11 is 3.41. The van der Waals surface area contributed by atoms with Gasteiger partial charge in [0.25, 0.3) is 5.91 Å². The molecule has 84 valence electrons. The first-order chi connectivity index (χ1) is 6.96. The van der Waals surface area contributed by atoms with E-state index in [1.807, 2.05) is 0 Å². The summed E-state index contributed by atoms with van der Waals surface area (Å²) < 4.78 is 5.07. The summed E-state index contributed by atoms with van der Waals surface area (Å²) in [7, 11) is 0. The number of alkyl halides is 1. The third kappa shape index (κ3) is 3.38. The number of carbonyl (C=O) groups is 1. The Morgan fingerprint density at radius 3 is 2.73 bits per heavy atom. The summed E-state index contributed by atoms with van der Waals surface area (Å²) in [4.78, 5) is 11.7. The van der Waals surface area contributed by atoms with Crippen molar-refractivity contribution in [2.45, 2.75) is 20.8 Å². The molecule has 0 unspecified atom stereocenters. The van der Waals surface area contributed by atoms with Crippen LogP contribution in [0, 0.1) is 12.3 Å². The van der Waals surface area contributed by atoms with E-state index in [1.54, 1.807) is 13.0 Å². The first-order valence-electron chi connectivity index (χ1n) is 4.84. The number of amides is 1. The maximum Gasteiger partial charge on any atom is 0.254 e. The van der Waals surface area contributed by atoms with E-state index < -0.39 is 0 Å². The smallest absolute Gasteiger partial charge is 0.254 e. The molecule has 0 fully saturated rings. The Bertz CT molecular complexity index is 344. The minimum atomic E-state index is -0.0738. The van der Waals surface area contributed by atoms with Gasteiger partial charge in [0.1, 0.15) is 5.76 Å². The largest absolute Gasteiger partial charge is 0.469 e. The second-order valence-electron chi connectivity index (χ2n) is 4.37. The highest BCUT2D eigenvalue weighted by Gasteiger charge is 2.18. The van der Waals surface area contributed by atoms with Gasteiger partial charge in [-0.3, -0.25) is 4.79 Å². The molecule has 1 heterocycles. The minimum absolute atomic E-state index is 0.0628. The highest BCUT2D eigenvalue weighted by molar-refractivity contribution is 9.09. The molecule has 0 spiro atoms. The highest BCUT2D eigenvalue weighted by Crippen LogP contribution is 2.17. The molecule has 1 amide bonds. The quantitative estimate of drug-likeness (QED) is 0.858. The van der Waals surface area contributed by atoms with Gasteiger partial charge in [-0.2, -0.15) is 0 Å². The number of nitrogens with one attached hydrogen (secondary N) is 1. The van der Waals surface area contributed by atoms with Crippen LogP contribution in [0.4, 0.5) is 0 Å². The van der Waals surface area contributed by atoms with Crippen molar-refractivity contribution in [2.24, 2.45) is 5.41 Å². The van der Waals surface area contributed by atoms with Crippen LogP contribution in [0.2, 0.25) is 0 Å². The van der Waals surface area contributed by atoms with Crippen LogP contribution in [0.1, 0.15) is 30.0 Å². The predicted octanol–water partition coefficient (Wildman–Crippen LogP) is 2.74. The molecule has 0 aliphatic rings. The van der Waals surface area contributed by atoms with Crippen molar-refractivity contribution >= 4 is 21.8 Å². The van der Waals surface area contributed by atoms with Crippen molar-refractivity contribution in [3.8, 4) is 0 Å². The molecule has 4 heteroatoms. The van der Waals surface area contributed by atoms with Crippen molar-refractivity contribution in [1.82, 2.24) is 5.32 Å². The van der Waals surface area contributed by atoms with Crippen LogP contribution in [0.25, 0.3) is 0 Å². The molecule has 15 heavy (non-hydrogen) atoms. The lowest BCUT2D eigenvalue weighted by molar-refractivity contribution is 0.0938. The monoisotopic (exact) mass is 273 g/mol. The van der Waals surface area contributed by atoms with Gasteiger partial charge < -0.3 is 9.73 Å². The van der Waals surface area contributed by atoms with Crippen molar-refractivity contribution in [3.63, 3.8) is 0 Å². The van der Waals surface area contributed by atoms with E-state index in [-0.39, 0.29) is 11.3 Å². The molecule has 0 aromatic carbocycles. The number of furan rings is 1. The van der Waals surface area contributed by atoms with Crippen LogP contribution in [0.5, 0.6) is 0 Å². The zero-order valence-corrected chi connectivity index (χ0v) is 10.8. The molecule has 1 N–H and O–H groups in total. The molecule has 0 aliphatic heterocycles. The van der Waals surface area contributed by atoms with Crippen molar-refractivity contribution < 1.29 is 9.21 Å². The molecule has 0 radical (unpaired) electrons. The number of aryl methyl sites for hydroxylation is 1. The van der Waals surface area contributed by atoms with Gasteiger partial charge in [0.2, 0.25) is 0 Å². The lowest BCUT2D eigenvalue weighted by Gasteiger charge is -2.21. The molecule has 0 atom stereocenters. The Morgan fingerprint density at radius 1 is 1.60 bits per heavy atom. The lowest BCUT2D eigenvalue weighted by atomic mass is 9.97. The molecule has 1 rings (SSSR count). The van der Waals surface area contributed by atoms with Crippen LogP contribution < -0.4 is 5.32 Å². The summed E-state index contributed by atoms with van der Waals surface area (Å²) in [6.07, 6.45) is 1.53. The van der Waals surface area contributed by atoms with E-state index in [4.69, 9.17) is 4.42 Å². The molecule has 0 saturated carbocycles. The Kier molecular flexibility index (Phi) is 3.97. The molecule has 1 aromatic heterocycles. The van der Waals surface area contributed by atoms with Gasteiger partial charge in [-0.15, -0.1) is 0 Å². The van der Waals surface area contributed by atoms with E-state index in [0.29, 0.717) is 17.9 Å². The average Bonchev–Trinajstić information content (AvgIpc) is 2.61. The van der Waals surface area contributed by atoms with Gasteiger partial charge in [-0.1, -0.05) is 29.8 Å². The maximum absolute atomic E-state index is 11.7. The first-order valence-corrected chi connectivity index (χ1v) is 5.97. The van der Waals surface area contributed by atoms with E-state index in [1.165, 1.54) is 6.26 Å². The van der Waals surface area contributed by atoms with E-state index in [0.717, 1.165) is 5.33 Å². The fraction of sp³-hybridized carbons (Fsp3) is 0.545. The standard InChI is InChI=1S/C11H16BrNO2/c1-8-9(4-5-15-8)10(14)13-7-11(2,3)6-12/h4-5H,6-7H2,1-3H3,(H,13,14). The van der Waals surface area contributed by atoms with Gasteiger partial charge in [-0.05, 0) is 18.4 Å². The van der Waals surface area contributed by atoms with Crippen LogP contribution in [-0.2, 0) is 0 Å². The van der Waals surface area contributed by atoms with Gasteiger partial charge in [-0.25, -0.2) is 0 Å². The molecular formula is C11H16BrNO2. The van der Waals surface area contributed by atoms with E-state index >= 15 is 0 Å². The van der Waals surface area contributed by atoms with Gasteiger partial charge in [0, 0.05) is 11.9 Å². The fourth-order valence-electron chi connectivity index (χ4n) is 1.08. The number of hydrogen-bond donors (Lipinski definition) is 1. The Hall–Kier alpha value is -0.770. The molecule has 1 aromatic rings. The summed E-state index contributed by atoms with van der Waals surface area (Å²) in [5.41, 5.74) is 0.674. The number of carbonyl (C=O) groups excluding carboxylic acids is 1. The summed E-state index contributed by atoms with van der Waals surface area (Å²) in [6.45, 7) is 6.60. The summed E-state index contributed by atoms with van der Waals surface area (Å²) in [6, 6.07) is 1.69. The fourth-order valence-corrected chi connectivity index (χ4v) is 1.28. The second kappa shape index (κ2) is 4.84. The van der Waals surface area contributed by atoms with Crippen LogP contribution in [-0.4, -0.2) is 17.8 Å². The number of rotatable bonds is 4. The summed E-state index contributed by atoms with van der Waals surface area (Å²) in [5, 5.41) is 3.74. The van der Waals surface area contributed by atoms with Crippen molar-refractivity contribution in [2.75, 3.05) is 11.9 Å². The van der Waals surface area contributed by atoms with Gasteiger partial charge >= 0.3 is 0 Å². The van der Waals surface area contributed by atoms with Crippen LogP contribution in [0.3, 0.4) is 0 Å². The van der Waals surface area contributed by atoms with Crippen LogP contribution in [0.15, 0.2) is 16.7 Å². The van der Waals surface area contributed by atoms with Crippen molar-refractivity contribution in [3.05, 3.63) is 23.7 Å². The van der Waals surface area contributed by atoms with Gasteiger partial charge in [0.15, 0.2) is 0 Å². The second-order valence-corrected chi connectivity index (χ2v) is 4.93. The molecule has 0 bridgehead atoms. The zero-order valence-electron chi connectivity index (χ0n) is 9.26. The van der Waals surface area contributed by atoms with E-state index in [9.17, 15) is 4.79 Å². The average molecular weight is 274 g/mol. The minimum Gasteiger partial charge on any atom is -0.469 e. The third-order valence-electron chi connectivity index (χ3n) is 2.19. The molecule has 0 saturated heterocycles. The highest BCUT2D eigenvalue weighted by atomic mass is 79.9. The summed E-state index contributed by atoms with van der Waals surface area (Å²) in [5.74, 6) is 0.583. The number of halogens is 1. The molecule has 0 aliphatic carbocycles. The predicted molar refractivity (Wildman–Crippen MR) is 63.4 cm³/mol. The van der Waals surface area contributed by atoms with E-state index in [2.05, 4.69) is 35.1 Å². The molecular weight excluding hydrogens is 258 g/mol. The normalized spacial score (nSPS) is 11.5. The lowest BCUT2D eigenvalue weighted by Crippen LogP contribution is -2.34. The zero-order chi connectivity index (χ0) is 11.5. The Balaban J connectivity index is 2.55. The number of hydrogen-bond acceptors (Lipinski definition) is 2. The Labute approximate surface area is 98.4 Å².